The van der Waals surface area contributed by atoms with Crippen molar-refractivity contribution in [3.8, 4) is 6.07 Å². The predicted molar refractivity (Wildman–Crippen MR) is 68.8 cm³/mol. The highest BCUT2D eigenvalue weighted by Crippen LogP contribution is 2.24. The number of hydrogen-bond donors (Lipinski definition) is 2. The number of hydrogen-bond acceptors (Lipinski definition) is 3. The molecular formula is C13H16ClFN2O. The van der Waals surface area contributed by atoms with Crippen LogP contribution >= 0.6 is 11.6 Å². The molecule has 0 heterocycles. The summed E-state index contributed by atoms with van der Waals surface area (Å²) >= 11 is 5.79. The van der Waals surface area contributed by atoms with E-state index in [0.717, 1.165) is 0 Å². The van der Waals surface area contributed by atoms with E-state index in [1.165, 1.54) is 12.1 Å². The highest BCUT2D eigenvalue weighted by Gasteiger charge is 2.19. The van der Waals surface area contributed by atoms with Crippen molar-refractivity contribution in [1.29, 1.82) is 5.26 Å². The van der Waals surface area contributed by atoms with Crippen molar-refractivity contribution in [3.63, 3.8) is 0 Å². The van der Waals surface area contributed by atoms with Crippen LogP contribution < -0.4 is 5.32 Å². The zero-order valence-electron chi connectivity index (χ0n) is 10.6. The molecule has 0 radical (unpaired) electrons. The van der Waals surface area contributed by atoms with Gasteiger partial charge in [-0.3, -0.25) is 0 Å². The Labute approximate surface area is 111 Å². The molecule has 98 valence electrons. The fourth-order valence-electron chi connectivity index (χ4n) is 1.45. The van der Waals surface area contributed by atoms with Crippen LogP contribution in [0.25, 0.3) is 0 Å². The number of rotatable bonds is 3. The Bertz CT molecular complexity index is 477. The van der Waals surface area contributed by atoms with Crippen LogP contribution in [0.5, 0.6) is 0 Å². The molecule has 0 saturated carbocycles. The third-order valence-corrected chi connectivity index (χ3v) is 2.59. The van der Waals surface area contributed by atoms with Gasteiger partial charge in [0.1, 0.15) is 11.9 Å². The van der Waals surface area contributed by atoms with Crippen LogP contribution in [0, 0.1) is 17.1 Å². The van der Waals surface area contributed by atoms with E-state index in [0.29, 0.717) is 0 Å². The van der Waals surface area contributed by atoms with Crippen molar-refractivity contribution < 1.29 is 9.50 Å². The summed E-state index contributed by atoms with van der Waals surface area (Å²) in [6.45, 7) is 6.00. The molecule has 0 aliphatic carbocycles. The van der Waals surface area contributed by atoms with E-state index in [-0.39, 0.29) is 28.2 Å². The maximum absolute atomic E-state index is 13.9. The second kappa shape index (κ2) is 5.66. The Morgan fingerprint density at radius 1 is 1.50 bits per heavy atom. The van der Waals surface area contributed by atoms with E-state index >= 15 is 0 Å². The number of nitriles is 1. The summed E-state index contributed by atoms with van der Waals surface area (Å²) in [5, 5.41) is 22.0. The van der Waals surface area contributed by atoms with E-state index in [9.17, 15) is 9.50 Å². The molecule has 0 amide bonds. The Balaban J connectivity index is 2.96. The van der Waals surface area contributed by atoms with Crippen LogP contribution in [0.15, 0.2) is 12.1 Å². The molecule has 0 saturated heterocycles. The molecule has 0 bridgehead atoms. The Morgan fingerprint density at radius 2 is 2.11 bits per heavy atom. The zero-order chi connectivity index (χ0) is 13.9. The number of nitrogens with zero attached hydrogens (tertiary/aromatic N) is 1. The molecule has 0 aliphatic heterocycles. The van der Waals surface area contributed by atoms with Gasteiger partial charge in [-0.25, -0.2) is 4.39 Å². The second-order valence-electron chi connectivity index (χ2n) is 5.12. The minimum Gasteiger partial charge on any atom is -0.387 e. The number of aliphatic hydroxyl groups excluding tert-OH is 1. The standard InChI is InChI=1S/C13H16ClFN2O/c1-13(2,3)17-7-11(18)10-5-9(14)4-8(6-16)12(10)15/h4-5,11,17-18H,7H2,1-3H3. The van der Waals surface area contributed by atoms with E-state index in [2.05, 4.69) is 5.32 Å². The Morgan fingerprint density at radius 3 is 2.61 bits per heavy atom. The number of halogens is 2. The van der Waals surface area contributed by atoms with Crippen LogP contribution in [0.4, 0.5) is 4.39 Å². The zero-order valence-corrected chi connectivity index (χ0v) is 11.3. The monoisotopic (exact) mass is 270 g/mol. The fourth-order valence-corrected chi connectivity index (χ4v) is 1.67. The lowest BCUT2D eigenvalue weighted by atomic mass is 10.0. The van der Waals surface area contributed by atoms with Crippen molar-refractivity contribution in [2.75, 3.05) is 6.54 Å². The van der Waals surface area contributed by atoms with E-state index < -0.39 is 11.9 Å². The molecule has 0 spiro atoms. The first-order valence-electron chi connectivity index (χ1n) is 5.56. The van der Waals surface area contributed by atoms with Gasteiger partial charge in [-0.05, 0) is 32.9 Å². The third kappa shape index (κ3) is 3.95. The Hall–Kier alpha value is -1.15. The molecule has 3 nitrogen and oxygen atoms in total. The third-order valence-electron chi connectivity index (χ3n) is 2.37. The normalized spacial score (nSPS) is 13.2. The maximum Gasteiger partial charge on any atom is 0.146 e. The average Bonchev–Trinajstić information content (AvgIpc) is 2.27. The smallest absolute Gasteiger partial charge is 0.146 e. The summed E-state index contributed by atoms with van der Waals surface area (Å²) < 4.78 is 13.9. The molecule has 1 atom stereocenters. The highest BCUT2D eigenvalue weighted by atomic mass is 35.5. The quantitative estimate of drug-likeness (QED) is 0.888. The van der Waals surface area contributed by atoms with Crippen molar-refractivity contribution >= 4 is 11.6 Å². The van der Waals surface area contributed by atoms with Gasteiger partial charge in [-0.2, -0.15) is 5.26 Å². The van der Waals surface area contributed by atoms with Gasteiger partial charge < -0.3 is 10.4 Å². The number of β-amino-alcohol motifs (C(OH)–C–C–N with tert-alkyl or cyclic N) is 1. The topological polar surface area (TPSA) is 56.0 Å². The second-order valence-corrected chi connectivity index (χ2v) is 5.55. The van der Waals surface area contributed by atoms with Crippen LogP contribution in [0.2, 0.25) is 5.02 Å². The van der Waals surface area contributed by atoms with Gasteiger partial charge in [0.25, 0.3) is 0 Å². The first-order chi connectivity index (χ1) is 8.24. The van der Waals surface area contributed by atoms with Gasteiger partial charge in [-0.15, -0.1) is 0 Å². The predicted octanol–water partition coefficient (Wildman–Crippen LogP) is 2.77. The lowest BCUT2D eigenvalue weighted by molar-refractivity contribution is 0.159. The van der Waals surface area contributed by atoms with Crippen LogP contribution in [-0.2, 0) is 0 Å². The molecular weight excluding hydrogens is 255 g/mol. The van der Waals surface area contributed by atoms with Crippen molar-refractivity contribution in [2.24, 2.45) is 0 Å². The summed E-state index contributed by atoms with van der Waals surface area (Å²) in [4.78, 5) is 0. The van der Waals surface area contributed by atoms with E-state index in [1.807, 2.05) is 20.8 Å². The molecule has 0 aliphatic rings. The first-order valence-corrected chi connectivity index (χ1v) is 5.94. The lowest BCUT2D eigenvalue weighted by Crippen LogP contribution is -2.38. The minimum atomic E-state index is -1.05. The number of benzene rings is 1. The average molecular weight is 271 g/mol. The molecule has 18 heavy (non-hydrogen) atoms. The van der Waals surface area contributed by atoms with Gasteiger partial charge in [0.2, 0.25) is 0 Å². The fraction of sp³-hybridized carbons (Fsp3) is 0.462. The summed E-state index contributed by atoms with van der Waals surface area (Å²) in [6.07, 6.45) is -1.05. The molecule has 1 unspecified atom stereocenters. The van der Waals surface area contributed by atoms with Gasteiger partial charge >= 0.3 is 0 Å². The minimum absolute atomic E-state index is 0.0378. The van der Waals surface area contributed by atoms with E-state index in [4.69, 9.17) is 16.9 Å². The highest BCUT2D eigenvalue weighted by molar-refractivity contribution is 6.30. The lowest BCUT2D eigenvalue weighted by Gasteiger charge is -2.23. The summed E-state index contributed by atoms with van der Waals surface area (Å²) in [5.41, 5.74) is -0.309. The van der Waals surface area contributed by atoms with Crippen LogP contribution in [-0.4, -0.2) is 17.2 Å². The van der Waals surface area contributed by atoms with Crippen molar-refractivity contribution in [3.05, 3.63) is 34.1 Å². The van der Waals surface area contributed by atoms with E-state index in [1.54, 1.807) is 6.07 Å². The molecule has 1 rings (SSSR count). The van der Waals surface area contributed by atoms with Gasteiger partial charge in [0, 0.05) is 22.7 Å². The largest absolute Gasteiger partial charge is 0.387 e. The number of aliphatic hydroxyl groups is 1. The molecule has 0 fully saturated rings. The SMILES string of the molecule is CC(C)(C)NCC(O)c1cc(Cl)cc(C#N)c1F. The summed E-state index contributed by atoms with van der Waals surface area (Å²) in [7, 11) is 0. The van der Waals surface area contributed by atoms with Crippen LogP contribution in [0.3, 0.4) is 0 Å². The van der Waals surface area contributed by atoms with Crippen molar-refractivity contribution in [2.45, 2.75) is 32.4 Å². The summed E-state index contributed by atoms with van der Waals surface area (Å²) in [5.74, 6) is -0.717. The van der Waals surface area contributed by atoms with Gasteiger partial charge in [0.15, 0.2) is 0 Å². The van der Waals surface area contributed by atoms with Gasteiger partial charge in [0.05, 0.1) is 11.7 Å². The molecule has 1 aromatic carbocycles. The molecule has 5 heteroatoms. The van der Waals surface area contributed by atoms with Gasteiger partial charge in [-0.1, -0.05) is 11.6 Å². The number of nitrogens with one attached hydrogen (secondary N) is 1. The van der Waals surface area contributed by atoms with Crippen molar-refractivity contribution in [1.82, 2.24) is 5.32 Å². The molecule has 1 aromatic rings. The Kier molecular flexibility index (Phi) is 4.69. The first kappa shape index (κ1) is 14.9. The van der Waals surface area contributed by atoms with Crippen LogP contribution in [0.1, 0.15) is 38.0 Å². The summed E-state index contributed by atoms with van der Waals surface area (Å²) in [6, 6.07) is 4.29. The molecule has 2 N–H and O–H groups in total. The molecule has 0 aromatic heterocycles. The maximum atomic E-state index is 13.9.